The average Bonchev–Trinajstić information content (AvgIpc) is 2.45. The third kappa shape index (κ3) is 3.32. The Morgan fingerprint density at radius 3 is 2.53 bits per heavy atom. The largest absolute Gasteiger partial charge is 0.330 e. The van der Waals surface area contributed by atoms with Gasteiger partial charge < -0.3 is 15.5 Å². The topological polar surface area (TPSA) is 32.5 Å². The van der Waals surface area contributed by atoms with Gasteiger partial charge in [0.05, 0.1) is 0 Å². The lowest BCUT2D eigenvalue weighted by atomic mass is 9.79. The van der Waals surface area contributed by atoms with E-state index in [4.69, 9.17) is 5.73 Å². The predicted octanol–water partition coefficient (Wildman–Crippen LogP) is 2.17. The van der Waals surface area contributed by atoms with Gasteiger partial charge in [-0.1, -0.05) is 13.8 Å². The Balaban J connectivity index is 1.93. The molecule has 0 aliphatic carbocycles. The van der Waals surface area contributed by atoms with Crippen LogP contribution in [0.15, 0.2) is 0 Å². The van der Waals surface area contributed by atoms with Crippen LogP contribution in [-0.2, 0) is 0 Å². The maximum Gasteiger partial charge on any atom is 0.0145 e. The zero-order chi connectivity index (χ0) is 13.9. The van der Waals surface area contributed by atoms with Gasteiger partial charge in [0.15, 0.2) is 0 Å². The van der Waals surface area contributed by atoms with E-state index >= 15 is 0 Å². The molecule has 0 aromatic heterocycles. The van der Waals surface area contributed by atoms with E-state index in [1.165, 1.54) is 58.3 Å². The molecule has 2 heterocycles. The van der Waals surface area contributed by atoms with Gasteiger partial charge in [-0.2, -0.15) is 0 Å². The van der Waals surface area contributed by atoms with Crippen molar-refractivity contribution in [3.63, 3.8) is 0 Å². The summed E-state index contributed by atoms with van der Waals surface area (Å²) in [6, 6.07) is 0.848. The zero-order valence-corrected chi connectivity index (χ0v) is 13.2. The highest BCUT2D eigenvalue weighted by molar-refractivity contribution is 4.91. The molecule has 0 radical (unpaired) electrons. The van der Waals surface area contributed by atoms with Crippen molar-refractivity contribution in [3.05, 3.63) is 0 Å². The van der Waals surface area contributed by atoms with E-state index in [0.717, 1.165) is 18.5 Å². The van der Waals surface area contributed by atoms with Crippen LogP contribution in [0, 0.1) is 11.3 Å². The molecule has 0 amide bonds. The number of hydrogen-bond acceptors (Lipinski definition) is 3. The number of piperidine rings is 2. The molecule has 0 aromatic carbocycles. The van der Waals surface area contributed by atoms with Crippen molar-refractivity contribution in [1.82, 2.24) is 9.80 Å². The van der Waals surface area contributed by atoms with Crippen molar-refractivity contribution in [3.8, 4) is 0 Å². The highest BCUT2D eigenvalue weighted by Gasteiger charge is 2.36. The van der Waals surface area contributed by atoms with E-state index in [2.05, 4.69) is 30.7 Å². The van der Waals surface area contributed by atoms with Crippen molar-refractivity contribution in [2.75, 3.05) is 39.8 Å². The van der Waals surface area contributed by atoms with Crippen LogP contribution < -0.4 is 5.73 Å². The molecule has 2 N–H and O–H groups in total. The first kappa shape index (κ1) is 15.3. The van der Waals surface area contributed by atoms with E-state index in [9.17, 15) is 0 Å². The molecule has 2 fully saturated rings. The Bertz CT molecular complexity index is 267. The number of rotatable bonds is 5. The molecule has 2 unspecified atom stereocenters. The van der Waals surface area contributed by atoms with E-state index in [1.54, 1.807) is 0 Å². The normalized spacial score (nSPS) is 30.3. The minimum Gasteiger partial charge on any atom is -0.330 e. The van der Waals surface area contributed by atoms with Crippen LogP contribution >= 0.6 is 0 Å². The minimum absolute atomic E-state index is 0.355. The molecular formula is C16H33N3. The fourth-order valence-electron chi connectivity index (χ4n) is 4.17. The molecule has 112 valence electrons. The monoisotopic (exact) mass is 267 g/mol. The molecule has 3 nitrogen and oxygen atoms in total. The molecule has 19 heavy (non-hydrogen) atoms. The second-order valence-electron chi connectivity index (χ2n) is 6.89. The van der Waals surface area contributed by atoms with Crippen molar-refractivity contribution in [2.24, 2.45) is 17.1 Å². The average molecular weight is 267 g/mol. The number of fused-ring (bicyclic) bond motifs is 1. The summed E-state index contributed by atoms with van der Waals surface area (Å²) >= 11 is 0. The third-order valence-electron chi connectivity index (χ3n) is 5.92. The molecule has 2 aliphatic rings. The van der Waals surface area contributed by atoms with Gasteiger partial charge in [0.25, 0.3) is 0 Å². The molecule has 2 saturated heterocycles. The maximum absolute atomic E-state index is 6.06. The predicted molar refractivity (Wildman–Crippen MR) is 82.3 cm³/mol. The summed E-state index contributed by atoms with van der Waals surface area (Å²) < 4.78 is 0. The Kier molecular flexibility index (Phi) is 5.27. The summed E-state index contributed by atoms with van der Waals surface area (Å²) in [7, 11) is 2.31. The summed E-state index contributed by atoms with van der Waals surface area (Å²) in [6.07, 6.45) is 6.60. The lowest BCUT2D eigenvalue weighted by molar-refractivity contribution is 0.0185. The summed E-state index contributed by atoms with van der Waals surface area (Å²) in [5.74, 6) is 0.900. The minimum atomic E-state index is 0.355. The fraction of sp³-hybridized carbons (Fsp3) is 1.00. The van der Waals surface area contributed by atoms with Gasteiger partial charge in [-0.3, -0.25) is 0 Å². The first-order chi connectivity index (χ1) is 9.14. The van der Waals surface area contributed by atoms with E-state index in [0.29, 0.717) is 5.41 Å². The quantitative estimate of drug-likeness (QED) is 0.828. The Morgan fingerprint density at radius 2 is 1.89 bits per heavy atom. The Morgan fingerprint density at radius 1 is 1.16 bits per heavy atom. The molecule has 0 bridgehead atoms. The highest BCUT2D eigenvalue weighted by Crippen LogP contribution is 2.33. The number of nitrogens with two attached hydrogens (primary N) is 1. The van der Waals surface area contributed by atoms with Crippen LogP contribution in [-0.4, -0.2) is 55.6 Å². The molecule has 2 aliphatic heterocycles. The lowest BCUT2D eigenvalue weighted by Gasteiger charge is -2.48. The second kappa shape index (κ2) is 6.55. The smallest absolute Gasteiger partial charge is 0.0145 e. The van der Waals surface area contributed by atoms with Gasteiger partial charge in [0.2, 0.25) is 0 Å². The van der Waals surface area contributed by atoms with E-state index in [1.807, 2.05) is 0 Å². The summed E-state index contributed by atoms with van der Waals surface area (Å²) in [4.78, 5) is 5.31. The molecule has 0 saturated carbocycles. The van der Waals surface area contributed by atoms with Crippen molar-refractivity contribution < 1.29 is 0 Å². The summed E-state index contributed by atoms with van der Waals surface area (Å²) in [5, 5.41) is 0. The van der Waals surface area contributed by atoms with Crippen molar-refractivity contribution in [2.45, 2.75) is 52.0 Å². The van der Waals surface area contributed by atoms with Crippen LogP contribution in [0.1, 0.15) is 46.0 Å². The summed E-state index contributed by atoms with van der Waals surface area (Å²) in [5.41, 5.74) is 6.42. The molecular weight excluding hydrogens is 234 g/mol. The Labute approximate surface area is 119 Å². The number of hydrogen-bond donors (Lipinski definition) is 1. The van der Waals surface area contributed by atoms with Gasteiger partial charge in [-0.15, -0.1) is 0 Å². The van der Waals surface area contributed by atoms with Gasteiger partial charge in [0, 0.05) is 19.1 Å². The van der Waals surface area contributed by atoms with Crippen LogP contribution in [0.4, 0.5) is 0 Å². The standard InChI is InChI=1S/C16H33N3/c1-4-16(5-2,12-17)13-19-10-8-15-14(11-19)7-6-9-18(15)3/h14-15H,4-13,17H2,1-3H3. The van der Waals surface area contributed by atoms with Crippen LogP contribution in [0.25, 0.3) is 0 Å². The SMILES string of the molecule is CCC(CC)(CN)CN1CCC2C(CCCN2C)C1. The fourth-order valence-corrected chi connectivity index (χ4v) is 4.17. The number of nitrogens with zero attached hydrogens (tertiary/aromatic N) is 2. The first-order valence-corrected chi connectivity index (χ1v) is 8.27. The van der Waals surface area contributed by atoms with Crippen molar-refractivity contribution in [1.29, 1.82) is 0 Å². The van der Waals surface area contributed by atoms with Gasteiger partial charge >= 0.3 is 0 Å². The van der Waals surface area contributed by atoms with Gasteiger partial charge in [0.1, 0.15) is 0 Å². The first-order valence-electron chi connectivity index (χ1n) is 8.27. The lowest BCUT2D eigenvalue weighted by Crippen LogP contribution is -2.55. The second-order valence-corrected chi connectivity index (χ2v) is 6.89. The van der Waals surface area contributed by atoms with Gasteiger partial charge in [-0.05, 0) is 70.1 Å². The van der Waals surface area contributed by atoms with Crippen molar-refractivity contribution >= 4 is 0 Å². The highest BCUT2D eigenvalue weighted by atomic mass is 15.2. The Hall–Kier alpha value is -0.120. The molecule has 0 aromatic rings. The molecule has 2 atom stereocenters. The molecule has 3 heteroatoms. The molecule has 2 rings (SSSR count). The van der Waals surface area contributed by atoms with E-state index < -0.39 is 0 Å². The summed E-state index contributed by atoms with van der Waals surface area (Å²) in [6.45, 7) is 10.5. The number of likely N-dealkylation sites (tertiary alicyclic amines) is 2. The van der Waals surface area contributed by atoms with Crippen LogP contribution in [0.5, 0.6) is 0 Å². The third-order valence-corrected chi connectivity index (χ3v) is 5.92. The van der Waals surface area contributed by atoms with Gasteiger partial charge in [-0.25, -0.2) is 0 Å². The zero-order valence-electron chi connectivity index (χ0n) is 13.2. The van der Waals surface area contributed by atoms with Crippen LogP contribution in [0.3, 0.4) is 0 Å². The van der Waals surface area contributed by atoms with E-state index in [-0.39, 0.29) is 0 Å². The molecule has 0 spiro atoms. The van der Waals surface area contributed by atoms with Crippen LogP contribution in [0.2, 0.25) is 0 Å². The maximum atomic E-state index is 6.06.